The smallest absolute Gasteiger partial charge is 0.242 e. The van der Waals surface area contributed by atoms with Gasteiger partial charge in [0.25, 0.3) is 0 Å². The molecule has 27 heavy (non-hydrogen) atoms. The van der Waals surface area contributed by atoms with E-state index in [-0.39, 0.29) is 12.7 Å². The minimum Gasteiger partial charge on any atom is -0.493 e. The molecule has 1 aliphatic rings. The van der Waals surface area contributed by atoms with Gasteiger partial charge in [0.2, 0.25) is 12.7 Å². The monoisotopic (exact) mass is 372 g/mol. The van der Waals surface area contributed by atoms with Crippen molar-refractivity contribution in [2.24, 2.45) is 0 Å². The predicted molar refractivity (Wildman–Crippen MR) is 102 cm³/mol. The Bertz CT molecular complexity index is 837. The van der Waals surface area contributed by atoms with Gasteiger partial charge in [-0.25, -0.2) is 0 Å². The van der Waals surface area contributed by atoms with Gasteiger partial charge < -0.3 is 29.6 Å². The lowest BCUT2D eigenvalue weighted by Gasteiger charge is -2.19. The van der Waals surface area contributed by atoms with E-state index in [1.54, 1.807) is 14.2 Å². The third-order valence-corrected chi connectivity index (χ3v) is 4.40. The van der Waals surface area contributed by atoms with E-state index >= 15 is 0 Å². The Morgan fingerprint density at radius 1 is 1.11 bits per heavy atom. The molecule has 3 rings (SSSR count). The minimum atomic E-state index is -0.421. The Labute approximate surface area is 158 Å². The quantitative estimate of drug-likeness (QED) is 0.778. The number of nitrogens with one attached hydrogen (secondary N) is 2. The van der Waals surface area contributed by atoms with Crippen LogP contribution < -0.4 is 29.6 Å². The van der Waals surface area contributed by atoms with E-state index in [1.807, 2.05) is 44.2 Å². The van der Waals surface area contributed by atoms with Crippen molar-refractivity contribution in [3.63, 3.8) is 0 Å². The van der Waals surface area contributed by atoms with Gasteiger partial charge in [0.15, 0.2) is 23.0 Å². The van der Waals surface area contributed by atoms with Crippen molar-refractivity contribution in [2.75, 3.05) is 26.3 Å². The number of rotatable bonds is 7. The van der Waals surface area contributed by atoms with Crippen LogP contribution in [0.15, 0.2) is 30.3 Å². The largest absolute Gasteiger partial charge is 0.493 e. The van der Waals surface area contributed by atoms with Crippen molar-refractivity contribution in [1.82, 2.24) is 5.32 Å². The number of methoxy groups -OCH3 is 2. The number of aryl methyl sites for hydroxylation is 1. The van der Waals surface area contributed by atoms with Crippen LogP contribution in [-0.2, 0) is 11.3 Å². The van der Waals surface area contributed by atoms with Crippen LogP contribution in [0.2, 0.25) is 0 Å². The molecule has 2 aromatic carbocycles. The number of carbonyl (C=O) groups is 1. The van der Waals surface area contributed by atoms with E-state index in [0.717, 1.165) is 22.6 Å². The van der Waals surface area contributed by atoms with E-state index in [4.69, 9.17) is 18.9 Å². The summed E-state index contributed by atoms with van der Waals surface area (Å²) in [5.74, 6) is 2.58. The number of anilines is 1. The Morgan fingerprint density at radius 3 is 2.56 bits per heavy atom. The molecular weight excluding hydrogens is 348 g/mol. The van der Waals surface area contributed by atoms with Gasteiger partial charge in [-0.3, -0.25) is 4.79 Å². The van der Waals surface area contributed by atoms with Gasteiger partial charge in [-0.1, -0.05) is 6.07 Å². The second kappa shape index (κ2) is 8.07. The number of fused-ring (bicyclic) bond motifs is 1. The standard InChI is InChI=1S/C20H24N2O5/c1-12-7-17(24-3)18(25-4)9-15(12)22-13(2)20(23)21-10-14-5-6-16-19(8-14)27-11-26-16/h5-9,13,22H,10-11H2,1-4H3,(H,21,23). The lowest BCUT2D eigenvalue weighted by Crippen LogP contribution is -2.37. The molecule has 1 amide bonds. The van der Waals surface area contributed by atoms with Crippen LogP contribution in [0.3, 0.4) is 0 Å². The zero-order valence-electron chi connectivity index (χ0n) is 15.9. The predicted octanol–water partition coefficient (Wildman–Crippen LogP) is 2.86. The molecule has 0 bridgehead atoms. The molecule has 2 aromatic rings. The minimum absolute atomic E-state index is 0.109. The Morgan fingerprint density at radius 2 is 1.81 bits per heavy atom. The molecule has 0 aromatic heterocycles. The molecule has 1 heterocycles. The number of ether oxygens (including phenoxy) is 4. The first-order valence-electron chi connectivity index (χ1n) is 8.67. The Kier molecular flexibility index (Phi) is 5.59. The van der Waals surface area contributed by atoms with E-state index in [1.165, 1.54) is 0 Å². The van der Waals surface area contributed by atoms with Crippen LogP contribution in [0, 0.1) is 6.92 Å². The number of benzene rings is 2. The molecule has 1 atom stereocenters. The molecule has 1 aliphatic heterocycles. The highest BCUT2D eigenvalue weighted by Gasteiger charge is 2.17. The maximum atomic E-state index is 12.5. The zero-order chi connectivity index (χ0) is 19.4. The number of carbonyl (C=O) groups excluding carboxylic acids is 1. The highest BCUT2D eigenvalue weighted by Crippen LogP contribution is 2.33. The maximum absolute atomic E-state index is 12.5. The molecule has 0 saturated heterocycles. The normalized spacial score (nSPS) is 13.0. The van der Waals surface area contributed by atoms with E-state index in [2.05, 4.69) is 10.6 Å². The lowest BCUT2D eigenvalue weighted by atomic mass is 10.1. The molecule has 2 N–H and O–H groups in total. The van der Waals surface area contributed by atoms with Crippen LogP contribution in [0.25, 0.3) is 0 Å². The summed E-state index contributed by atoms with van der Waals surface area (Å²) in [6, 6.07) is 8.91. The first-order valence-corrected chi connectivity index (χ1v) is 8.67. The van der Waals surface area contributed by atoms with Gasteiger partial charge in [0, 0.05) is 18.3 Å². The molecule has 7 nitrogen and oxygen atoms in total. The highest BCUT2D eigenvalue weighted by atomic mass is 16.7. The van der Waals surface area contributed by atoms with Crippen LogP contribution in [-0.4, -0.2) is 33.0 Å². The summed E-state index contributed by atoms with van der Waals surface area (Å²) in [5, 5.41) is 6.15. The van der Waals surface area contributed by atoms with Crippen LogP contribution in [0.5, 0.6) is 23.0 Å². The summed E-state index contributed by atoms with van der Waals surface area (Å²) in [5.41, 5.74) is 2.73. The topological polar surface area (TPSA) is 78.1 Å². The SMILES string of the molecule is COc1cc(C)c(NC(C)C(=O)NCc2ccc3c(c2)OCO3)cc1OC. The average Bonchev–Trinajstić information content (AvgIpc) is 3.14. The fraction of sp³-hybridized carbons (Fsp3) is 0.350. The van der Waals surface area contributed by atoms with Crippen LogP contribution in [0.4, 0.5) is 5.69 Å². The molecule has 7 heteroatoms. The second-order valence-corrected chi connectivity index (χ2v) is 6.29. The molecule has 1 unspecified atom stereocenters. The zero-order valence-corrected chi connectivity index (χ0v) is 15.9. The van der Waals surface area contributed by atoms with Gasteiger partial charge in [0.1, 0.15) is 6.04 Å². The number of amides is 1. The molecule has 0 saturated carbocycles. The van der Waals surface area contributed by atoms with Gasteiger partial charge in [-0.2, -0.15) is 0 Å². The summed E-state index contributed by atoms with van der Waals surface area (Å²) < 4.78 is 21.3. The number of hydrogen-bond donors (Lipinski definition) is 2. The molecular formula is C20H24N2O5. The van der Waals surface area contributed by atoms with Gasteiger partial charge >= 0.3 is 0 Å². The van der Waals surface area contributed by atoms with Crippen molar-refractivity contribution < 1.29 is 23.7 Å². The van der Waals surface area contributed by atoms with Gasteiger partial charge in [0.05, 0.1) is 14.2 Å². The molecule has 144 valence electrons. The molecule has 0 spiro atoms. The van der Waals surface area contributed by atoms with Gasteiger partial charge in [-0.15, -0.1) is 0 Å². The highest BCUT2D eigenvalue weighted by molar-refractivity contribution is 5.84. The fourth-order valence-electron chi connectivity index (χ4n) is 2.83. The lowest BCUT2D eigenvalue weighted by molar-refractivity contribution is -0.121. The van der Waals surface area contributed by atoms with Gasteiger partial charge in [-0.05, 0) is 43.2 Å². The summed E-state index contributed by atoms with van der Waals surface area (Å²) in [4.78, 5) is 12.5. The number of hydrogen-bond acceptors (Lipinski definition) is 6. The Balaban J connectivity index is 1.61. The van der Waals surface area contributed by atoms with Crippen LogP contribution in [0.1, 0.15) is 18.1 Å². The average molecular weight is 372 g/mol. The first kappa shape index (κ1) is 18.7. The molecule has 0 radical (unpaired) electrons. The molecule has 0 aliphatic carbocycles. The van der Waals surface area contributed by atoms with Crippen molar-refractivity contribution in [1.29, 1.82) is 0 Å². The summed E-state index contributed by atoms with van der Waals surface area (Å²) >= 11 is 0. The summed E-state index contributed by atoms with van der Waals surface area (Å²) in [7, 11) is 3.18. The second-order valence-electron chi connectivity index (χ2n) is 6.29. The van der Waals surface area contributed by atoms with Crippen molar-refractivity contribution in [2.45, 2.75) is 26.4 Å². The van der Waals surface area contributed by atoms with Crippen molar-refractivity contribution in [3.05, 3.63) is 41.5 Å². The Hall–Kier alpha value is -3.09. The van der Waals surface area contributed by atoms with Crippen molar-refractivity contribution >= 4 is 11.6 Å². The van der Waals surface area contributed by atoms with Crippen molar-refractivity contribution in [3.8, 4) is 23.0 Å². The third-order valence-electron chi connectivity index (χ3n) is 4.40. The third kappa shape index (κ3) is 4.19. The molecule has 0 fully saturated rings. The van der Waals surface area contributed by atoms with E-state index < -0.39 is 6.04 Å². The van der Waals surface area contributed by atoms with E-state index in [9.17, 15) is 4.79 Å². The summed E-state index contributed by atoms with van der Waals surface area (Å²) in [6.45, 7) is 4.40. The fourth-order valence-corrected chi connectivity index (χ4v) is 2.83. The van der Waals surface area contributed by atoms with Crippen LogP contribution >= 0.6 is 0 Å². The maximum Gasteiger partial charge on any atom is 0.242 e. The van der Waals surface area contributed by atoms with E-state index in [0.29, 0.717) is 23.8 Å². The first-order chi connectivity index (χ1) is 13.0. The summed E-state index contributed by atoms with van der Waals surface area (Å²) in [6.07, 6.45) is 0.